The van der Waals surface area contributed by atoms with Crippen LogP contribution in [0.4, 0.5) is 0 Å². The van der Waals surface area contributed by atoms with Gasteiger partial charge in [-0.05, 0) is 82.1 Å². The van der Waals surface area contributed by atoms with Crippen LogP contribution in [-0.2, 0) is 15.8 Å². The van der Waals surface area contributed by atoms with Crippen LogP contribution in [0.5, 0.6) is 0 Å². The summed E-state index contributed by atoms with van der Waals surface area (Å²) in [5, 5.41) is 0.00869. The van der Waals surface area contributed by atoms with Crippen LogP contribution >= 0.6 is 22.6 Å². The number of rotatable bonds is 8. The Hall–Kier alpha value is -1.28. The third-order valence-electron chi connectivity index (χ3n) is 8.46. The number of carbonyl (C=O) groups is 1. The van der Waals surface area contributed by atoms with E-state index in [2.05, 4.69) is 108 Å². The minimum absolute atomic E-state index is 0.00869. The van der Waals surface area contributed by atoms with Crippen molar-refractivity contribution in [3.8, 4) is 0 Å². The molecule has 0 bridgehead atoms. The van der Waals surface area contributed by atoms with Crippen molar-refractivity contribution < 1.29 is 14.0 Å². The first kappa shape index (κ1) is 29.3. The summed E-state index contributed by atoms with van der Waals surface area (Å²) < 4.78 is 15.8. The number of allylic oxidation sites excluding steroid dienone is 1. The number of hydrogen-bond acceptors (Lipinski definition) is 3. The minimum atomic E-state index is -2.26. The van der Waals surface area contributed by atoms with Crippen molar-refractivity contribution in [1.82, 2.24) is 0 Å². The van der Waals surface area contributed by atoms with Crippen molar-refractivity contribution >= 4 is 36.7 Å². The highest BCUT2D eigenvalue weighted by Gasteiger charge is 2.58. The SMILES string of the molecule is CC(=O)c1ccccc1[C@H](O[Si](C)(C)C(C)(C)C)[C@]1(OCc2ccccc2)CCC(C)=C(I)C1(C)C. The summed E-state index contributed by atoms with van der Waals surface area (Å²) in [6.45, 7) is 20.4. The van der Waals surface area contributed by atoms with E-state index < -0.39 is 13.9 Å². The van der Waals surface area contributed by atoms with Crippen LogP contribution in [0.2, 0.25) is 18.1 Å². The number of benzene rings is 2. The predicted octanol–water partition coefficient (Wildman–Crippen LogP) is 9.44. The van der Waals surface area contributed by atoms with Crippen LogP contribution in [0, 0.1) is 5.41 Å². The normalized spacial score (nSPS) is 21.4. The van der Waals surface area contributed by atoms with Crippen molar-refractivity contribution in [2.75, 3.05) is 0 Å². The summed E-state index contributed by atoms with van der Waals surface area (Å²) >= 11 is 2.52. The van der Waals surface area contributed by atoms with E-state index in [1.165, 1.54) is 9.15 Å². The standard InChI is InChI=1S/C31H43IO3Si/c1-22-19-20-31(30(6,7)27(22)32,34-21-24-15-11-10-12-16-24)28(35-36(8,9)29(3,4)5)26-18-14-13-17-25(26)23(2)33/h10-18,28H,19-21H2,1-9H3/t28-,31+/m0/s1. The van der Waals surface area contributed by atoms with Gasteiger partial charge in [0.2, 0.25) is 0 Å². The van der Waals surface area contributed by atoms with Gasteiger partial charge < -0.3 is 9.16 Å². The van der Waals surface area contributed by atoms with Gasteiger partial charge in [0.15, 0.2) is 14.1 Å². The second-order valence-electron chi connectivity index (χ2n) is 12.3. The van der Waals surface area contributed by atoms with Gasteiger partial charge in [0.1, 0.15) is 11.7 Å². The van der Waals surface area contributed by atoms with Crippen molar-refractivity contribution in [1.29, 1.82) is 0 Å². The largest absolute Gasteiger partial charge is 0.407 e. The molecule has 0 heterocycles. The number of ether oxygens (including phenoxy) is 1. The van der Waals surface area contributed by atoms with Crippen LogP contribution in [0.3, 0.4) is 0 Å². The van der Waals surface area contributed by atoms with Gasteiger partial charge in [-0.25, -0.2) is 0 Å². The maximum Gasteiger partial charge on any atom is 0.193 e. The number of carbonyl (C=O) groups excluding carboxylic acids is 1. The molecule has 0 fully saturated rings. The summed E-state index contributed by atoms with van der Waals surface area (Å²) in [6, 6.07) is 18.4. The Morgan fingerprint density at radius 1 is 1.06 bits per heavy atom. The maximum absolute atomic E-state index is 12.9. The molecular weight excluding hydrogens is 575 g/mol. The third-order valence-corrected chi connectivity index (χ3v) is 15.2. The number of Topliss-reactive ketones (excluding diaryl/α,β-unsaturated/α-hetero) is 1. The molecule has 0 saturated heterocycles. The van der Waals surface area contributed by atoms with Crippen LogP contribution in [0.15, 0.2) is 63.8 Å². The van der Waals surface area contributed by atoms with Gasteiger partial charge in [-0.2, -0.15) is 0 Å². The molecule has 2 atom stereocenters. The van der Waals surface area contributed by atoms with E-state index in [9.17, 15) is 4.79 Å². The molecule has 2 aromatic rings. The molecule has 0 aromatic heterocycles. The highest BCUT2D eigenvalue weighted by Crippen LogP contribution is 2.59. The zero-order valence-electron chi connectivity index (χ0n) is 23.5. The Labute approximate surface area is 233 Å². The van der Waals surface area contributed by atoms with E-state index in [1.54, 1.807) is 6.92 Å². The molecule has 3 rings (SSSR count). The Balaban J connectivity index is 2.29. The summed E-state index contributed by atoms with van der Waals surface area (Å²) in [4.78, 5) is 12.9. The maximum atomic E-state index is 12.9. The highest BCUT2D eigenvalue weighted by molar-refractivity contribution is 14.1. The minimum Gasteiger partial charge on any atom is -0.407 e. The van der Waals surface area contributed by atoms with Gasteiger partial charge in [0.25, 0.3) is 0 Å². The average Bonchev–Trinajstić information content (AvgIpc) is 2.81. The summed E-state index contributed by atoms with van der Waals surface area (Å²) in [5.41, 5.74) is 3.24. The first-order valence-corrected chi connectivity index (χ1v) is 16.9. The van der Waals surface area contributed by atoms with Gasteiger partial charge in [0, 0.05) is 11.0 Å². The molecule has 2 aromatic carbocycles. The molecule has 0 radical (unpaired) electrons. The Morgan fingerprint density at radius 2 is 1.64 bits per heavy atom. The fourth-order valence-electron chi connectivity index (χ4n) is 5.02. The van der Waals surface area contributed by atoms with E-state index in [4.69, 9.17) is 9.16 Å². The second-order valence-corrected chi connectivity index (χ2v) is 18.1. The molecule has 1 aliphatic carbocycles. The lowest BCUT2D eigenvalue weighted by molar-refractivity contribution is -0.186. The van der Waals surface area contributed by atoms with Crippen LogP contribution in [-0.4, -0.2) is 19.7 Å². The van der Waals surface area contributed by atoms with E-state index >= 15 is 0 Å². The zero-order valence-corrected chi connectivity index (χ0v) is 26.7. The molecule has 3 nitrogen and oxygen atoms in total. The Bertz CT molecular complexity index is 1110. The monoisotopic (exact) mass is 618 g/mol. The zero-order chi connectivity index (χ0) is 26.9. The summed E-state index contributed by atoms with van der Waals surface area (Å²) in [7, 11) is -2.26. The van der Waals surface area contributed by atoms with E-state index in [1.807, 2.05) is 24.3 Å². The molecule has 0 amide bonds. The topological polar surface area (TPSA) is 35.5 Å². The van der Waals surface area contributed by atoms with Crippen molar-refractivity contribution in [3.63, 3.8) is 0 Å². The van der Waals surface area contributed by atoms with Crippen LogP contribution in [0.1, 0.15) is 88.9 Å². The second kappa shape index (κ2) is 10.8. The summed E-state index contributed by atoms with van der Waals surface area (Å²) in [5.74, 6) is 0.0580. The molecule has 0 aliphatic heterocycles. The van der Waals surface area contributed by atoms with E-state index in [-0.39, 0.29) is 22.3 Å². The smallest absolute Gasteiger partial charge is 0.193 e. The Kier molecular flexibility index (Phi) is 8.81. The summed E-state index contributed by atoms with van der Waals surface area (Å²) in [6.07, 6.45) is 1.39. The molecule has 0 unspecified atom stereocenters. The Morgan fingerprint density at radius 3 is 2.22 bits per heavy atom. The average molecular weight is 619 g/mol. The quantitative estimate of drug-likeness (QED) is 0.168. The van der Waals surface area contributed by atoms with Crippen LogP contribution < -0.4 is 0 Å². The molecule has 1 aliphatic rings. The molecular formula is C31H43IO3Si. The molecule has 0 spiro atoms. The molecule has 0 N–H and O–H groups in total. The lowest BCUT2D eigenvalue weighted by Gasteiger charge is -2.56. The predicted molar refractivity (Wildman–Crippen MR) is 161 cm³/mol. The van der Waals surface area contributed by atoms with Gasteiger partial charge in [0.05, 0.1) is 6.61 Å². The van der Waals surface area contributed by atoms with Gasteiger partial charge in [-0.15, -0.1) is 0 Å². The van der Waals surface area contributed by atoms with E-state index in [0.717, 1.165) is 29.5 Å². The third kappa shape index (κ3) is 5.59. The number of halogens is 1. The molecule has 0 saturated carbocycles. The fraction of sp³-hybridized carbons (Fsp3) is 0.516. The van der Waals surface area contributed by atoms with Gasteiger partial charge in [-0.1, -0.05) is 94.8 Å². The number of ketones is 1. The van der Waals surface area contributed by atoms with Crippen molar-refractivity contribution in [2.45, 2.75) is 97.8 Å². The fourth-order valence-corrected chi connectivity index (χ4v) is 7.00. The van der Waals surface area contributed by atoms with Gasteiger partial charge in [-0.3, -0.25) is 4.79 Å². The molecule has 5 heteroatoms. The first-order chi connectivity index (χ1) is 16.6. The lowest BCUT2D eigenvalue weighted by atomic mass is 9.63. The van der Waals surface area contributed by atoms with Crippen molar-refractivity contribution in [2.24, 2.45) is 5.41 Å². The van der Waals surface area contributed by atoms with Gasteiger partial charge >= 0.3 is 0 Å². The molecule has 196 valence electrons. The lowest BCUT2D eigenvalue weighted by Crippen LogP contribution is -2.57. The molecule has 36 heavy (non-hydrogen) atoms. The number of hydrogen-bond donors (Lipinski definition) is 0. The highest BCUT2D eigenvalue weighted by atomic mass is 127. The van der Waals surface area contributed by atoms with E-state index in [0.29, 0.717) is 6.61 Å². The van der Waals surface area contributed by atoms with Crippen LogP contribution in [0.25, 0.3) is 0 Å². The van der Waals surface area contributed by atoms with Crippen molar-refractivity contribution in [3.05, 3.63) is 80.4 Å². The first-order valence-electron chi connectivity index (χ1n) is 13.0.